The van der Waals surface area contributed by atoms with Crippen LogP contribution in [0.15, 0.2) is 79.3 Å². The van der Waals surface area contributed by atoms with Crippen LogP contribution in [-0.2, 0) is 11.3 Å². The SMILES string of the molecule is O=C(NCC1CCC(C(=O)O)CC1)c1cc(-c2ccc(F)cc2)cc2cnn(Cc3ccc4ccncc4c3)c12. The van der Waals surface area contributed by atoms with Crippen LogP contribution in [-0.4, -0.2) is 38.3 Å². The molecule has 1 saturated carbocycles. The van der Waals surface area contributed by atoms with Crippen LogP contribution >= 0.6 is 0 Å². The number of carboxylic acid groups (broad SMARTS) is 1. The highest BCUT2D eigenvalue weighted by atomic mass is 19.1. The number of aromatic nitrogens is 3. The predicted octanol–water partition coefficient (Wildman–Crippen LogP) is 6.06. The van der Waals surface area contributed by atoms with E-state index in [0.717, 1.165) is 51.2 Å². The van der Waals surface area contributed by atoms with Gasteiger partial charge in [0.15, 0.2) is 0 Å². The Kier molecular flexibility index (Phi) is 6.99. The summed E-state index contributed by atoms with van der Waals surface area (Å²) in [5.41, 5.74) is 3.87. The van der Waals surface area contributed by atoms with E-state index in [4.69, 9.17) is 0 Å². The smallest absolute Gasteiger partial charge is 0.306 e. The van der Waals surface area contributed by atoms with Crippen LogP contribution in [0.5, 0.6) is 0 Å². The van der Waals surface area contributed by atoms with Crippen LogP contribution in [0, 0.1) is 17.7 Å². The van der Waals surface area contributed by atoms with Crippen molar-refractivity contribution in [3.8, 4) is 11.1 Å². The molecular formula is C32H29FN4O3. The number of nitrogens with zero attached hydrogens (tertiary/aromatic N) is 3. The van der Waals surface area contributed by atoms with Gasteiger partial charge in [0.2, 0.25) is 0 Å². The lowest BCUT2D eigenvalue weighted by atomic mass is 9.82. The van der Waals surface area contributed by atoms with Crippen LogP contribution < -0.4 is 5.32 Å². The minimum Gasteiger partial charge on any atom is -0.481 e. The maximum atomic E-state index is 13.7. The molecule has 2 N–H and O–H groups in total. The van der Waals surface area contributed by atoms with Gasteiger partial charge in [0.05, 0.1) is 29.7 Å². The van der Waals surface area contributed by atoms with Crippen LogP contribution in [0.4, 0.5) is 4.39 Å². The fourth-order valence-corrected chi connectivity index (χ4v) is 5.69. The third-order valence-corrected chi connectivity index (χ3v) is 7.94. The first kappa shape index (κ1) is 25.7. The van der Waals surface area contributed by atoms with Crippen LogP contribution in [0.2, 0.25) is 0 Å². The second kappa shape index (κ2) is 10.9. The van der Waals surface area contributed by atoms with Crippen molar-refractivity contribution in [3.63, 3.8) is 0 Å². The summed E-state index contributed by atoms with van der Waals surface area (Å²) >= 11 is 0. The highest BCUT2D eigenvalue weighted by molar-refractivity contribution is 6.07. The molecule has 40 heavy (non-hydrogen) atoms. The fourth-order valence-electron chi connectivity index (χ4n) is 5.69. The largest absolute Gasteiger partial charge is 0.481 e. The van der Waals surface area contributed by atoms with Gasteiger partial charge in [-0.05, 0) is 90.1 Å². The van der Waals surface area contributed by atoms with Gasteiger partial charge in [-0.3, -0.25) is 19.3 Å². The minimum atomic E-state index is -0.738. The van der Waals surface area contributed by atoms with Crippen molar-refractivity contribution in [1.29, 1.82) is 0 Å². The Morgan fingerprint density at radius 3 is 2.48 bits per heavy atom. The van der Waals surface area contributed by atoms with E-state index in [1.54, 1.807) is 24.5 Å². The van der Waals surface area contributed by atoms with E-state index in [1.807, 2.05) is 29.1 Å². The first-order chi connectivity index (χ1) is 19.4. The van der Waals surface area contributed by atoms with Gasteiger partial charge in [0.1, 0.15) is 5.82 Å². The van der Waals surface area contributed by atoms with Crippen LogP contribution in [0.25, 0.3) is 32.8 Å². The summed E-state index contributed by atoms with van der Waals surface area (Å²) in [5, 5.41) is 20.0. The van der Waals surface area contributed by atoms with Gasteiger partial charge in [0, 0.05) is 29.7 Å². The van der Waals surface area contributed by atoms with Crippen molar-refractivity contribution >= 4 is 33.6 Å². The van der Waals surface area contributed by atoms with Crippen molar-refractivity contribution in [2.24, 2.45) is 11.8 Å². The average Bonchev–Trinajstić information content (AvgIpc) is 3.38. The molecular weight excluding hydrogens is 507 g/mol. The van der Waals surface area contributed by atoms with E-state index >= 15 is 0 Å². The predicted molar refractivity (Wildman–Crippen MR) is 151 cm³/mol. The molecule has 0 bridgehead atoms. The molecule has 1 fully saturated rings. The zero-order valence-electron chi connectivity index (χ0n) is 21.9. The number of hydrogen-bond acceptors (Lipinski definition) is 4. The number of amides is 1. The topological polar surface area (TPSA) is 97.1 Å². The van der Waals surface area contributed by atoms with Gasteiger partial charge in [-0.15, -0.1) is 0 Å². The Morgan fingerprint density at radius 2 is 1.70 bits per heavy atom. The monoisotopic (exact) mass is 536 g/mol. The number of carbonyl (C=O) groups is 2. The molecule has 6 rings (SSSR count). The summed E-state index contributed by atoms with van der Waals surface area (Å²) in [5.74, 6) is -1.32. The molecule has 8 heteroatoms. The van der Waals surface area contributed by atoms with E-state index in [9.17, 15) is 19.1 Å². The van der Waals surface area contributed by atoms with E-state index in [-0.39, 0.29) is 23.6 Å². The molecule has 202 valence electrons. The van der Waals surface area contributed by atoms with Gasteiger partial charge in [-0.1, -0.05) is 24.3 Å². The lowest BCUT2D eigenvalue weighted by Crippen LogP contribution is -2.32. The summed E-state index contributed by atoms with van der Waals surface area (Å²) < 4.78 is 15.4. The van der Waals surface area contributed by atoms with Gasteiger partial charge in [-0.2, -0.15) is 5.10 Å². The summed E-state index contributed by atoms with van der Waals surface area (Å²) in [7, 11) is 0. The minimum absolute atomic E-state index is 0.209. The maximum absolute atomic E-state index is 13.7. The summed E-state index contributed by atoms with van der Waals surface area (Å²) in [4.78, 5) is 29.2. The molecule has 0 unspecified atom stereocenters. The van der Waals surface area contributed by atoms with Gasteiger partial charge >= 0.3 is 5.97 Å². The maximum Gasteiger partial charge on any atom is 0.306 e. The standard InChI is InChI=1S/C32H29FN4O3/c33-28-9-7-22(8-10-28)25-14-27-18-36-37(19-21-3-4-23-11-12-34-17-26(23)13-21)30(27)29(15-25)31(38)35-16-20-1-5-24(6-2-20)32(39)40/h3-4,7-15,17-18,20,24H,1-2,5-6,16,19H2,(H,35,38)(H,39,40). The normalized spacial score (nSPS) is 17.2. The number of nitrogens with one attached hydrogen (secondary N) is 1. The van der Waals surface area contributed by atoms with E-state index < -0.39 is 5.97 Å². The molecule has 0 radical (unpaired) electrons. The van der Waals surface area contributed by atoms with Crippen LogP contribution in [0.1, 0.15) is 41.6 Å². The first-order valence-electron chi connectivity index (χ1n) is 13.5. The van der Waals surface area contributed by atoms with Gasteiger partial charge in [0.25, 0.3) is 5.91 Å². The quantitative estimate of drug-likeness (QED) is 0.264. The summed E-state index contributed by atoms with van der Waals surface area (Å²) in [6, 6.07) is 18.2. The van der Waals surface area contributed by atoms with Crippen molar-refractivity contribution in [1.82, 2.24) is 20.1 Å². The summed E-state index contributed by atoms with van der Waals surface area (Å²) in [6.45, 7) is 0.961. The van der Waals surface area contributed by atoms with E-state index in [0.29, 0.717) is 31.5 Å². The number of carboxylic acids is 1. The number of hydrogen-bond donors (Lipinski definition) is 2. The Labute approximate surface area is 230 Å². The number of rotatable bonds is 7. The Hall–Kier alpha value is -4.59. The van der Waals surface area contributed by atoms with Crippen molar-refractivity contribution in [3.05, 3.63) is 96.2 Å². The van der Waals surface area contributed by atoms with Gasteiger partial charge in [-0.25, -0.2) is 4.39 Å². The third kappa shape index (κ3) is 5.30. The molecule has 0 aliphatic heterocycles. The number of benzene rings is 3. The molecule has 1 amide bonds. The molecule has 2 aromatic heterocycles. The molecule has 7 nitrogen and oxygen atoms in total. The fraction of sp³-hybridized carbons (Fsp3) is 0.250. The molecule has 0 saturated heterocycles. The second-order valence-electron chi connectivity index (χ2n) is 10.6. The lowest BCUT2D eigenvalue weighted by Gasteiger charge is -2.26. The molecule has 0 spiro atoms. The molecule has 3 aromatic carbocycles. The zero-order chi connectivity index (χ0) is 27.6. The molecule has 0 atom stereocenters. The lowest BCUT2D eigenvalue weighted by molar-refractivity contribution is -0.143. The summed E-state index contributed by atoms with van der Waals surface area (Å²) in [6.07, 6.45) is 8.17. The zero-order valence-corrected chi connectivity index (χ0v) is 21.9. The second-order valence-corrected chi connectivity index (χ2v) is 10.6. The van der Waals surface area contributed by atoms with Crippen molar-refractivity contribution in [2.45, 2.75) is 32.2 Å². The van der Waals surface area contributed by atoms with Gasteiger partial charge < -0.3 is 10.4 Å². The van der Waals surface area contributed by atoms with E-state index in [1.165, 1.54) is 12.1 Å². The Morgan fingerprint density at radius 1 is 0.900 bits per heavy atom. The number of carbonyl (C=O) groups excluding carboxylic acids is 1. The average molecular weight is 537 g/mol. The highest BCUT2D eigenvalue weighted by Gasteiger charge is 2.26. The number of pyridine rings is 1. The molecule has 1 aliphatic carbocycles. The number of aliphatic carboxylic acids is 1. The Balaban J connectivity index is 1.32. The third-order valence-electron chi connectivity index (χ3n) is 7.94. The Bertz CT molecular complexity index is 1710. The molecule has 5 aromatic rings. The first-order valence-corrected chi connectivity index (χ1v) is 13.5. The van der Waals surface area contributed by atoms with E-state index in [2.05, 4.69) is 33.6 Å². The van der Waals surface area contributed by atoms with Crippen LogP contribution in [0.3, 0.4) is 0 Å². The molecule has 2 heterocycles. The number of fused-ring (bicyclic) bond motifs is 2. The van der Waals surface area contributed by atoms with Crippen molar-refractivity contribution < 1.29 is 19.1 Å². The highest BCUT2D eigenvalue weighted by Crippen LogP contribution is 2.31. The molecule has 1 aliphatic rings. The number of halogens is 1. The van der Waals surface area contributed by atoms with Crippen molar-refractivity contribution in [2.75, 3.05) is 6.54 Å².